The van der Waals surface area contributed by atoms with Crippen LogP contribution in [0.25, 0.3) is 0 Å². The van der Waals surface area contributed by atoms with E-state index in [2.05, 4.69) is 4.74 Å². The molecule has 0 heterocycles. The van der Waals surface area contributed by atoms with Crippen LogP contribution < -0.4 is 61.6 Å². The minimum atomic E-state index is -5.64. The summed E-state index contributed by atoms with van der Waals surface area (Å²) in [5.41, 5.74) is -3.32. The fourth-order valence-corrected chi connectivity index (χ4v) is 1.22. The maximum atomic E-state index is 12.9. The Labute approximate surface area is 140 Å². The van der Waals surface area contributed by atoms with Crippen molar-refractivity contribution in [3.05, 3.63) is 23.5 Å². The molecule has 0 saturated carbocycles. The number of ether oxygens (including phenoxy) is 1. The molecule has 0 saturated heterocycles. The van der Waals surface area contributed by atoms with E-state index < -0.39 is 35.7 Å². The Kier molecular flexibility index (Phi) is 6.20. The van der Waals surface area contributed by atoms with Crippen LogP contribution in [0.1, 0.15) is 5.56 Å². The zero-order chi connectivity index (χ0) is 13.4. The second kappa shape index (κ2) is 6.12. The molecule has 1 rings (SSSR count). The third-order valence-electron chi connectivity index (χ3n) is 1.98. The third-order valence-corrected chi connectivity index (χ3v) is 1.98. The smallest absolute Gasteiger partial charge is 0.500 e. The minimum Gasteiger partial charge on any atom is -0.500 e. The van der Waals surface area contributed by atoms with Gasteiger partial charge in [-0.05, 0) is 12.1 Å². The normalized spacial score (nSPS) is 12.0. The van der Waals surface area contributed by atoms with E-state index in [9.17, 15) is 30.5 Å². The summed E-state index contributed by atoms with van der Waals surface area (Å²) in [5, 5.41) is 0. The molecule has 0 atom stereocenters. The van der Waals surface area contributed by atoms with Crippen LogP contribution >= 0.6 is 0 Å². The van der Waals surface area contributed by atoms with Gasteiger partial charge in [0, 0.05) is 0 Å². The van der Waals surface area contributed by atoms with E-state index >= 15 is 0 Å². The standard InChI is InChI=1S/C8H5BF7O.K/c1-17-7-2-4(8(11,12)13)6(10)3-5(7)9(14,15)16;/h2-3H,1H3;/q-1;+1. The van der Waals surface area contributed by atoms with Gasteiger partial charge < -0.3 is 17.7 Å². The van der Waals surface area contributed by atoms with Crippen molar-refractivity contribution in [2.75, 3.05) is 7.11 Å². The Balaban J connectivity index is 0.00000289. The minimum absolute atomic E-state index is 0. The second-order valence-corrected chi connectivity index (χ2v) is 3.15. The maximum Gasteiger partial charge on any atom is 1.00 e. The van der Waals surface area contributed by atoms with Crippen molar-refractivity contribution in [2.45, 2.75) is 6.18 Å². The summed E-state index contributed by atoms with van der Waals surface area (Å²) in [6, 6.07) is -0.207. The molecule has 96 valence electrons. The van der Waals surface area contributed by atoms with Crippen molar-refractivity contribution in [2.24, 2.45) is 0 Å². The van der Waals surface area contributed by atoms with Gasteiger partial charge in [0.25, 0.3) is 0 Å². The molecule has 0 radical (unpaired) electrons. The van der Waals surface area contributed by atoms with Crippen molar-refractivity contribution < 1.29 is 86.6 Å². The Bertz CT molecular complexity index is 429. The van der Waals surface area contributed by atoms with Crippen LogP contribution in [-0.2, 0) is 6.18 Å². The predicted octanol–water partition coefficient (Wildman–Crippen LogP) is -0.0885. The number of hydrogen-bond acceptors (Lipinski definition) is 1. The molecule has 0 N–H and O–H groups in total. The molecule has 0 spiro atoms. The average Bonchev–Trinajstić information content (AvgIpc) is 2.14. The molecular weight excluding hydrogens is 295 g/mol. The monoisotopic (exact) mass is 300 g/mol. The first-order chi connectivity index (χ1) is 7.57. The molecule has 0 amide bonds. The Morgan fingerprint density at radius 1 is 1.11 bits per heavy atom. The van der Waals surface area contributed by atoms with Crippen LogP contribution in [-0.4, -0.2) is 14.1 Å². The number of methoxy groups -OCH3 is 1. The van der Waals surface area contributed by atoms with Crippen LogP contribution in [0.15, 0.2) is 12.1 Å². The molecule has 1 aromatic rings. The summed E-state index contributed by atoms with van der Waals surface area (Å²) in [4.78, 5) is 0. The van der Waals surface area contributed by atoms with Gasteiger partial charge in [0.05, 0.1) is 18.4 Å². The summed E-state index contributed by atoms with van der Waals surface area (Å²) in [7, 11) is 0.777. The zero-order valence-corrected chi connectivity index (χ0v) is 12.4. The first kappa shape index (κ1) is 18.2. The van der Waals surface area contributed by atoms with Gasteiger partial charge >= 0.3 is 64.5 Å². The molecule has 0 aliphatic carbocycles. The fourth-order valence-electron chi connectivity index (χ4n) is 1.22. The predicted molar refractivity (Wildman–Crippen MR) is 46.7 cm³/mol. The molecule has 1 aromatic carbocycles. The first-order valence-corrected chi connectivity index (χ1v) is 4.22. The van der Waals surface area contributed by atoms with E-state index in [0.29, 0.717) is 0 Å². The number of hydrogen-bond donors (Lipinski definition) is 0. The molecular formula is C8H5BF7KO. The molecule has 0 aliphatic rings. The van der Waals surface area contributed by atoms with Crippen LogP contribution in [0.4, 0.5) is 30.5 Å². The van der Waals surface area contributed by atoms with E-state index in [1.54, 1.807) is 0 Å². The average molecular weight is 300 g/mol. The summed E-state index contributed by atoms with van der Waals surface area (Å²) < 4.78 is 90.9. The number of alkyl halides is 3. The van der Waals surface area contributed by atoms with Crippen molar-refractivity contribution in [3.8, 4) is 5.75 Å². The van der Waals surface area contributed by atoms with Gasteiger partial charge in [0.1, 0.15) is 5.82 Å². The second-order valence-electron chi connectivity index (χ2n) is 3.15. The van der Waals surface area contributed by atoms with Gasteiger partial charge in [0.2, 0.25) is 0 Å². The van der Waals surface area contributed by atoms with Gasteiger partial charge in [-0.15, -0.1) is 0 Å². The number of rotatable bonds is 2. The van der Waals surface area contributed by atoms with Gasteiger partial charge in [-0.2, -0.15) is 13.2 Å². The van der Waals surface area contributed by atoms with Crippen LogP contribution in [0.5, 0.6) is 5.75 Å². The van der Waals surface area contributed by atoms with Crippen LogP contribution in [0, 0.1) is 5.82 Å². The number of benzene rings is 1. The van der Waals surface area contributed by atoms with E-state index in [0.717, 1.165) is 7.11 Å². The van der Waals surface area contributed by atoms with Gasteiger partial charge in [-0.1, -0.05) is 5.46 Å². The number of halogens is 7. The van der Waals surface area contributed by atoms with Gasteiger partial charge in [-0.3, -0.25) is 0 Å². The quantitative estimate of drug-likeness (QED) is 0.548. The molecule has 0 aliphatic heterocycles. The SMILES string of the molecule is COc1cc(C(F)(F)F)c(F)cc1[B-](F)(F)F.[K+]. The summed E-state index contributed by atoms with van der Waals surface area (Å²) >= 11 is 0. The topological polar surface area (TPSA) is 9.23 Å². The molecule has 0 fully saturated rings. The fraction of sp³-hybridized carbons (Fsp3) is 0.250. The van der Waals surface area contributed by atoms with Gasteiger partial charge in [-0.25, -0.2) is 4.39 Å². The van der Waals surface area contributed by atoms with Crippen LogP contribution in [0.2, 0.25) is 0 Å². The summed E-state index contributed by atoms with van der Waals surface area (Å²) in [6.45, 7) is -5.64. The molecule has 0 bridgehead atoms. The van der Waals surface area contributed by atoms with Crippen molar-refractivity contribution in [1.29, 1.82) is 0 Å². The molecule has 18 heavy (non-hydrogen) atoms. The zero-order valence-electron chi connectivity index (χ0n) is 9.29. The largest absolute Gasteiger partial charge is 1.00 e. The van der Waals surface area contributed by atoms with Gasteiger partial charge in [0.15, 0.2) is 0 Å². The molecule has 1 nitrogen and oxygen atoms in total. The van der Waals surface area contributed by atoms with Crippen molar-refractivity contribution in [1.82, 2.24) is 0 Å². The van der Waals surface area contributed by atoms with E-state index in [4.69, 9.17) is 0 Å². The molecule has 10 heteroatoms. The van der Waals surface area contributed by atoms with E-state index in [1.165, 1.54) is 0 Å². The Morgan fingerprint density at radius 3 is 1.94 bits per heavy atom. The van der Waals surface area contributed by atoms with E-state index in [1.807, 2.05) is 0 Å². The summed E-state index contributed by atoms with van der Waals surface area (Å²) in [5.74, 6) is -3.03. The van der Waals surface area contributed by atoms with Crippen molar-refractivity contribution in [3.63, 3.8) is 0 Å². The van der Waals surface area contributed by atoms with E-state index in [-0.39, 0.29) is 63.5 Å². The third kappa shape index (κ3) is 4.12. The Hall–Kier alpha value is 0.231. The molecule has 0 aromatic heterocycles. The van der Waals surface area contributed by atoms with Crippen molar-refractivity contribution >= 4 is 12.4 Å². The Morgan fingerprint density at radius 2 is 1.61 bits per heavy atom. The maximum absolute atomic E-state index is 12.9. The summed E-state index contributed by atoms with van der Waals surface area (Å²) in [6.07, 6.45) is -5.07. The van der Waals surface area contributed by atoms with Crippen LogP contribution in [0.3, 0.4) is 0 Å². The first-order valence-electron chi connectivity index (χ1n) is 4.22. The molecule has 0 unspecified atom stereocenters.